The molecule has 2 atom stereocenters. The predicted octanol–water partition coefficient (Wildman–Crippen LogP) is 6.10. The summed E-state index contributed by atoms with van der Waals surface area (Å²) in [4.78, 5) is 14.0. The molecule has 3 aromatic rings. The highest BCUT2D eigenvalue weighted by molar-refractivity contribution is 6.01. The number of carbonyl (C=O) groups excluding carboxylic acids is 1. The van der Waals surface area contributed by atoms with Crippen LogP contribution in [-0.2, 0) is 4.79 Å². The first kappa shape index (κ1) is 26.3. The summed E-state index contributed by atoms with van der Waals surface area (Å²) in [5.74, 6) is 2.98. The van der Waals surface area contributed by atoms with Gasteiger partial charge in [0.1, 0.15) is 0 Å². The molecule has 204 valence electrons. The Morgan fingerprint density at radius 3 is 2.08 bits per heavy atom. The summed E-state index contributed by atoms with van der Waals surface area (Å²) in [6.07, 6.45) is 1.03. The van der Waals surface area contributed by atoms with E-state index in [4.69, 9.17) is 23.7 Å². The number of fused-ring (bicyclic) bond motifs is 1. The molecule has 2 aliphatic rings. The summed E-state index contributed by atoms with van der Waals surface area (Å²) < 4.78 is 28.1. The molecule has 0 saturated heterocycles. The van der Waals surface area contributed by atoms with Crippen LogP contribution in [0.5, 0.6) is 28.7 Å². The van der Waals surface area contributed by atoms with Gasteiger partial charge in [0.2, 0.25) is 5.75 Å². The number of ketones is 1. The largest absolute Gasteiger partial charge is 0.493 e. The van der Waals surface area contributed by atoms with Gasteiger partial charge >= 0.3 is 0 Å². The smallest absolute Gasteiger partial charge is 0.203 e. The standard InChI is InChI=1S/C31H34N2O6/c1-6-39-25-12-11-18(15-26(25)35-2)19-13-23-29(24(34)14-19)30(33-22-10-8-7-9-21(22)32-23)20-16-27(36-3)31(38-5)28(17-20)37-4/h7-12,15-17,19,30,32-33H,6,13-14H2,1-5H3/t19-,30+/m1/s1. The van der Waals surface area contributed by atoms with Crippen molar-refractivity contribution < 1.29 is 28.5 Å². The van der Waals surface area contributed by atoms with Crippen LogP contribution >= 0.6 is 0 Å². The number of allylic oxidation sites excluding steroid dienone is 1. The Morgan fingerprint density at radius 1 is 0.769 bits per heavy atom. The molecule has 2 N–H and O–H groups in total. The molecule has 1 heterocycles. The summed E-state index contributed by atoms with van der Waals surface area (Å²) in [5, 5.41) is 7.19. The van der Waals surface area contributed by atoms with Gasteiger partial charge in [-0.05, 0) is 66.8 Å². The zero-order chi connectivity index (χ0) is 27.5. The van der Waals surface area contributed by atoms with Crippen molar-refractivity contribution in [1.29, 1.82) is 0 Å². The molecule has 1 aliphatic heterocycles. The zero-order valence-corrected chi connectivity index (χ0v) is 22.9. The summed E-state index contributed by atoms with van der Waals surface area (Å²) in [6.45, 7) is 2.49. The number of ether oxygens (including phenoxy) is 5. The van der Waals surface area contributed by atoms with E-state index in [0.29, 0.717) is 53.8 Å². The van der Waals surface area contributed by atoms with Crippen LogP contribution in [0.2, 0.25) is 0 Å². The molecule has 0 spiro atoms. The van der Waals surface area contributed by atoms with E-state index in [0.717, 1.165) is 28.2 Å². The fourth-order valence-corrected chi connectivity index (χ4v) is 5.46. The van der Waals surface area contributed by atoms with E-state index >= 15 is 0 Å². The molecule has 0 bridgehead atoms. The Hall–Kier alpha value is -4.33. The number of hydrogen-bond acceptors (Lipinski definition) is 8. The van der Waals surface area contributed by atoms with Gasteiger partial charge in [0.15, 0.2) is 28.8 Å². The molecule has 0 saturated carbocycles. The van der Waals surface area contributed by atoms with Crippen LogP contribution in [0.15, 0.2) is 65.9 Å². The molecular formula is C31H34N2O6. The second-order valence-electron chi connectivity index (χ2n) is 9.47. The maximum atomic E-state index is 14.0. The second-order valence-corrected chi connectivity index (χ2v) is 9.47. The van der Waals surface area contributed by atoms with Gasteiger partial charge in [-0.1, -0.05) is 18.2 Å². The molecule has 8 nitrogen and oxygen atoms in total. The minimum atomic E-state index is -0.423. The van der Waals surface area contributed by atoms with Crippen molar-refractivity contribution in [1.82, 2.24) is 0 Å². The van der Waals surface area contributed by atoms with Crippen molar-refractivity contribution in [3.8, 4) is 28.7 Å². The van der Waals surface area contributed by atoms with Crippen LogP contribution in [0.1, 0.15) is 42.9 Å². The van der Waals surface area contributed by atoms with Crippen molar-refractivity contribution in [2.45, 2.75) is 31.7 Å². The summed E-state index contributed by atoms with van der Waals surface area (Å²) in [5.41, 5.74) is 5.28. The number of rotatable bonds is 8. The Labute approximate surface area is 228 Å². The van der Waals surface area contributed by atoms with Crippen molar-refractivity contribution in [2.24, 2.45) is 0 Å². The number of nitrogens with one attached hydrogen (secondary N) is 2. The molecule has 0 unspecified atom stereocenters. The third-order valence-corrected chi connectivity index (χ3v) is 7.29. The number of methoxy groups -OCH3 is 4. The number of anilines is 2. The highest BCUT2D eigenvalue weighted by Gasteiger charge is 2.37. The predicted molar refractivity (Wildman–Crippen MR) is 151 cm³/mol. The van der Waals surface area contributed by atoms with E-state index in [9.17, 15) is 4.79 Å². The second kappa shape index (κ2) is 11.2. The Kier molecular flexibility index (Phi) is 7.54. The minimum absolute atomic E-state index is 0.0146. The maximum Gasteiger partial charge on any atom is 0.203 e. The van der Waals surface area contributed by atoms with Crippen LogP contribution < -0.4 is 34.3 Å². The lowest BCUT2D eigenvalue weighted by Crippen LogP contribution is -2.27. The van der Waals surface area contributed by atoms with Gasteiger partial charge in [-0.2, -0.15) is 0 Å². The molecule has 8 heteroatoms. The molecule has 0 fully saturated rings. The van der Waals surface area contributed by atoms with Crippen LogP contribution in [0.4, 0.5) is 11.4 Å². The molecular weight excluding hydrogens is 496 g/mol. The summed E-state index contributed by atoms with van der Waals surface area (Å²) in [7, 11) is 6.38. The van der Waals surface area contributed by atoms with Gasteiger partial charge in [-0.25, -0.2) is 0 Å². The van der Waals surface area contributed by atoms with Gasteiger partial charge in [-0.15, -0.1) is 0 Å². The molecule has 3 aromatic carbocycles. The number of hydrogen-bond donors (Lipinski definition) is 2. The van der Waals surface area contributed by atoms with E-state index in [1.165, 1.54) is 0 Å². The van der Waals surface area contributed by atoms with E-state index in [-0.39, 0.29) is 11.7 Å². The van der Waals surface area contributed by atoms with E-state index in [2.05, 4.69) is 10.6 Å². The van der Waals surface area contributed by atoms with Gasteiger partial charge in [0.25, 0.3) is 0 Å². The van der Waals surface area contributed by atoms with Crippen molar-refractivity contribution in [3.05, 3.63) is 77.0 Å². The molecule has 0 radical (unpaired) electrons. The SMILES string of the molecule is CCOc1ccc([C@H]2CC(=O)C3=C(C2)Nc2ccccc2N[C@H]3c2cc(OC)c(OC)c(OC)c2)cc1OC. The first-order chi connectivity index (χ1) is 19.0. The highest BCUT2D eigenvalue weighted by atomic mass is 16.5. The van der Waals surface area contributed by atoms with Gasteiger partial charge in [0.05, 0.1) is 52.5 Å². The Balaban J connectivity index is 1.60. The lowest BCUT2D eigenvalue weighted by atomic mass is 9.78. The van der Waals surface area contributed by atoms with Crippen molar-refractivity contribution in [2.75, 3.05) is 45.7 Å². The van der Waals surface area contributed by atoms with Crippen LogP contribution in [0.3, 0.4) is 0 Å². The van der Waals surface area contributed by atoms with Gasteiger partial charge < -0.3 is 34.3 Å². The monoisotopic (exact) mass is 530 g/mol. The molecule has 0 aromatic heterocycles. The average molecular weight is 531 g/mol. The number of Topliss-reactive ketones (excluding diaryl/α,β-unsaturated/α-hetero) is 1. The van der Waals surface area contributed by atoms with Crippen molar-refractivity contribution >= 4 is 17.2 Å². The van der Waals surface area contributed by atoms with E-state index in [1.807, 2.05) is 61.5 Å². The van der Waals surface area contributed by atoms with E-state index < -0.39 is 6.04 Å². The third kappa shape index (κ3) is 4.94. The number of carbonyl (C=O) groups is 1. The molecule has 0 amide bonds. The fraction of sp³-hybridized carbons (Fsp3) is 0.323. The molecule has 5 rings (SSSR count). The summed E-state index contributed by atoms with van der Waals surface area (Å²) >= 11 is 0. The molecule has 39 heavy (non-hydrogen) atoms. The minimum Gasteiger partial charge on any atom is -0.493 e. The zero-order valence-electron chi connectivity index (χ0n) is 22.9. The quantitative estimate of drug-likeness (QED) is 0.361. The first-order valence-electron chi connectivity index (χ1n) is 13.0. The Bertz CT molecular complexity index is 1390. The van der Waals surface area contributed by atoms with Crippen LogP contribution in [0.25, 0.3) is 0 Å². The summed E-state index contributed by atoms with van der Waals surface area (Å²) in [6, 6.07) is 17.3. The average Bonchev–Trinajstić information content (AvgIpc) is 3.13. The highest BCUT2D eigenvalue weighted by Crippen LogP contribution is 2.47. The molecule has 1 aliphatic carbocycles. The third-order valence-electron chi connectivity index (χ3n) is 7.29. The van der Waals surface area contributed by atoms with Crippen molar-refractivity contribution in [3.63, 3.8) is 0 Å². The van der Waals surface area contributed by atoms with Gasteiger partial charge in [-0.3, -0.25) is 4.79 Å². The lowest BCUT2D eigenvalue weighted by Gasteiger charge is -2.30. The number of benzene rings is 3. The first-order valence-corrected chi connectivity index (χ1v) is 13.0. The maximum absolute atomic E-state index is 14.0. The normalized spacial score (nSPS) is 18.1. The number of para-hydroxylation sites is 2. The lowest BCUT2D eigenvalue weighted by molar-refractivity contribution is -0.116. The van der Waals surface area contributed by atoms with Gasteiger partial charge in [0, 0.05) is 17.7 Å². The fourth-order valence-electron chi connectivity index (χ4n) is 5.46. The topological polar surface area (TPSA) is 87.3 Å². The van der Waals surface area contributed by atoms with Crippen LogP contribution in [0, 0.1) is 0 Å². The van der Waals surface area contributed by atoms with Crippen LogP contribution in [-0.4, -0.2) is 40.8 Å². The van der Waals surface area contributed by atoms with E-state index in [1.54, 1.807) is 28.4 Å². The Morgan fingerprint density at radius 2 is 1.44 bits per heavy atom.